The molecule has 1 heterocycles. The van der Waals surface area contributed by atoms with Gasteiger partial charge in [-0.1, -0.05) is 6.07 Å². The van der Waals surface area contributed by atoms with Gasteiger partial charge in [-0.3, -0.25) is 9.69 Å². The van der Waals surface area contributed by atoms with Crippen LogP contribution in [-0.4, -0.2) is 51.4 Å². The van der Waals surface area contributed by atoms with Crippen LogP contribution in [0.15, 0.2) is 29.2 Å². The van der Waals surface area contributed by atoms with Crippen molar-refractivity contribution < 1.29 is 13.2 Å². The molecule has 2 aliphatic rings. The highest BCUT2D eigenvalue weighted by molar-refractivity contribution is 7.89. The topological polar surface area (TPSA) is 78.5 Å². The van der Waals surface area contributed by atoms with Gasteiger partial charge in [-0.25, -0.2) is 13.1 Å². The van der Waals surface area contributed by atoms with Crippen LogP contribution in [0, 0.1) is 5.92 Å². The van der Waals surface area contributed by atoms with Gasteiger partial charge in [-0.05, 0) is 69.8 Å². The third kappa shape index (κ3) is 5.03. The Morgan fingerprint density at radius 2 is 2.00 bits per heavy atom. The zero-order valence-corrected chi connectivity index (χ0v) is 15.5. The molecule has 0 bridgehead atoms. The number of sulfonamides is 1. The molecule has 1 atom stereocenters. The largest absolute Gasteiger partial charge is 0.350 e. The van der Waals surface area contributed by atoms with Crippen molar-refractivity contribution in [3.63, 3.8) is 0 Å². The highest BCUT2D eigenvalue weighted by atomic mass is 32.2. The predicted octanol–water partition coefficient (Wildman–Crippen LogP) is 1.59. The number of likely N-dealkylation sites (tertiary alicyclic amines) is 1. The van der Waals surface area contributed by atoms with Crippen LogP contribution in [0.3, 0.4) is 0 Å². The maximum absolute atomic E-state index is 12.4. The summed E-state index contributed by atoms with van der Waals surface area (Å²) in [6.45, 7) is 5.31. The Hall–Kier alpha value is -1.44. The maximum Gasteiger partial charge on any atom is 0.251 e. The molecule has 0 aromatic heterocycles. The van der Waals surface area contributed by atoms with Gasteiger partial charge in [0.2, 0.25) is 10.0 Å². The second-order valence-electron chi connectivity index (χ2n) is 7.13. The fourth-order valence-corrected chi connectivity index (χ4v) is 4.25. The summed E-state index contributed by atoms with van der Waals surface area (Å²) in [4.78, 5) is 14.9. The first-order chi connectivity index (χ1) is 12.0. The van der Waals surface area contributed by atoms with Crippen molar-refractivity contribution >= 4 is 15.9 Å². The lowest BCUT2D eigenvalue weighted by Gasteiger charge is -2.23. The van der Waals surface area contributed by atoms with Crippen molar-refractivity contribution in [1.29, 1.82) is 0 Å². The molecule has 1 amide bonds. The fourth-order valence-electron chi connectivity index (χ4n) is 3.09. The quantitative estimate of drug-likeness (QED) is 0.733. The summed E-state index contributed by atoms with van der Waals surface area (Å²) < 4.78 is 27.3. The SMILES string of the molecule is C[C@@H](CNC(=O)c1cccc(S(=O)(=O)NCC2CC2)c1)N1CCCC1. The van der Waals surface area contributed by atoms with Crippen LogP contribution < -0.4 is 10.0 Å². The molecule has 138 valence electrons. The molecule has 3 rings (SSSR count). The van der Waals surface area contributed by atoms with Gasteiger partial charge in [-0.2, -0.15) is 0 Å². The minimum absolute atomic E-state index is 0.147. The van der Waals surface area contributed by atoms with Gasteiger partial charge in [0.25, 0.3) is 5.91 Å². The van der Waals surface area contributed by atoms with Crippen molar-refractivity contribution in [2.75, 3.05) is 26.2 Å². The number of benzene rings is 1. The van der Waals surface area contributed by atoms with E-state index in [9.17, 15) is 13.2 Å². The molecular weight excluding hydrogens is 338 g/mol. The van der Waals surface area contributed by atoms with Crippen molar-refractivity contribution in [3.05, 3.63) is 29.8 Å². The third-order valence-electron chi connectivity index (χ3n) is 4.99. The van der Waals surface area contributed by atoms with Crippen molar-refractivity contribution in [2.24, 2.45) is 5.92 Å². The van der Waals surface area contributed by atoms with E-state index in [1.165, 1.54) is 25.0 Å². The van der Waals surface area contributed by atoms with Crippen molar-refractivity contribution in [3.8, 4) is 0 Å². The molecule has 2 N–H and O–H groups in total. The van der Waals surface area contributed by atoms with E-state index in [0.717, 1.165) is 25.9 Å². The first-order valence-corrected chi connectivity index (χ1v) is 10.6. The molecule has 1 saturated heterocycles. The normalized spacial score (nSPS) is 19.7. The number of nitrogens with zero attached hydrogens (tertiary/aromatic N) is 1. The number of hydrogen-bond acceptors (Lipinski definition) is 4. The molecule has 7 heteroatoms. The summed E-state index contributed by atoms with van der Waals surface area (Å²) in [6, 6.07) is 6.53. The second kappa shape index (κ2) is 7.85. The lowest BCUT2D eigenvalue weighted by Crippen LogP contribution is -2.40. The maximum atomic E-state index is 12.4. The molecule has 1 saturated carbocycles. The van der Waals surface area contributed by atoms with Crippen LogP contribution in [0.2, 0.25) is 0 Å². The molecular formula is C18H27N3O3S. The number of nitrogens with one attached hydrogen (secondary N) is 2. The molecule has 1 aliphatic carbocycles. The Morgan fingerprint density at radius 3 is 2.68 bits per heavy atom. The summed E-state index contributed by atoms with van der Waals surface area (Å²) in [5.74, 6) is 0.235. The number of amides is 1. The molecule has 6 nitrogen and oxygen atoms in total. The van der Waals surface area contributed by atoms with Crippen LogP contribution >= 0.6 is 0 Å². The van der Waals surface area contributed by atoms with Crippen molar-refractivity contribution in [1.82, 2.24) is 14.9 Å². The Kier molecular flexibility index (Phi) is 5.76. The molecule has 0 unspecified atom stereocenters. The van der Waals surface area contributed by atoms with Crippen LogP contribution in [-0.2, 0) is 10.0 Å². The third-order valence-corrected chi connectivity index (χ3v) is 6.41. The molecule has 0 spiro atoms. The van der Waals surface area contributed by atoms with Gasteiger partial charge in [0.05, 0.1) is 4.90 Å². The minimum atomic E-state index is -3.55. The summed E-state index contributed by atoms with van der Waals surface area (Å²) >= 11 is 0. The molecule has 1 aromatic carbocycles. The highest BCUT2D eigenvalue weighted by Crippen LogP contribution is 2.28. The Labute approximate surface area is 150 Å². The van der Waals surface area contributed by atoms with Gasteiger partial charge in [0.1, 0.15) is 0 Å². The zero-order valence-electron chi connectivity index (χ0n) is 14.7. The van der Waals surface area contributed by atoms with E-state index in [1.807, 2.05) is 0 Å². The van der Waals surface area contributed by atoms with Crippen molar-refractivity contribution in [2.45, 2.75) is 43.5 Å². The van der Waals surface area contributed by atoms with Crippen LogP contribution in [0.1, 0.15) is 43.0 Å². The smallest absolute Gasteiger partial charge is 0.251 e. The molecule has 2 fully saturated rings. The van der Waals surface area contributed by atoms with E-state index in [1.54, 1.807) is 12.1 Å². The summed E-state index contributed by atoms with van der Waals surface area (Å²) in [5.41, 5.74) is 0.378. The van der Waals surface area contributed by atoms with E-state index in [2.05, 4.69) is 21.9 Å². The number of carbonyl (C=O) groups is 1. The lowest BCUT2D eigenvalue weighted by atomic mass is 10.2. The van der Waals surface area contributed by atoms with Gasteiger partial charge in [0.15, 0.2) is 0 Å². The first kappa shape index (κ1) is 18.4. The number of rotatable bonds is 8. The van der Waals surface area contributed by atoms with E-state index in [-0.39, 0.29) is 10.8 Å². The highest BCUT2D eigenvalue weighted by Gasteiger charge is 2.25. The van der Waals surface area contributed by atoms with Gasteiger partial charge < -0.3 is 5.32 Å². The lowest BCUT2D eigenvalue weighted by molar-refractivity contribution is 0.0940. The number of carbonyl (C=O) groups excluding carboxylic acids is 1. The van der Waals surface area contributed by atoms with E-state index in [0.29, 0.717) is 30.6 Å². The fraction of sp³-hybridized carbons (Fsp3) is 0.611. The average Bonchev–Trinajstić information content (AvgIpc) is 3.29. The molecule has 25 heavy (non-hydrogen) atoms. The summed E-state index contributed by atoms with van der Waals surface area (Å²) in [7, 11) is -3.55. The molecule has 0 radical (unpaired) electrons. The minimum Gasteiger partial charge on any atom is -0.350 e. The van der Waals surface area contributed by atoms with Gasteiger partial charge in [0, 0.05) is 24.7 Å². The van der Waals surface area contributed by atoms with E-state index < -0.39 is 10.0 Å². The van der Waals surface area contributed by atoms with Crippen LogP contribution in [0.5, 0.6) is 0 Å². The van der Waals surface area contributed by atoms with Crippen LogP contribution in [0.4, 0.5) is 0 Å². The number of hydrogen-bond donors (Lipinski definition) is 2. The van der Waals surface area contributed by atoms with E-state index in [4.69, 9.17) is 0 Å². The Bertz CT molecular complexity index is 710. The molecule has 1 aromatic rings. The monoisotopic (exact) mass is 365 g/mol. The van der Waals surface area contributed by atoms with Gasteiger partial charge >= 0.3 is 0 Å². The average molecular weight is 365 g/mol. The second-order valence-corrected chi connectivity index (χ2v) is 8.89. The molecule has 1 aliphatic heterocycles. The Morgan fingerprint density at radius 1 is 1.28 bits per heavy atom. The Balaban J connectivity index is 1.58. The summed E-state index contributed by atoms with van der Waals surface area (Å²) in [5, 5.41) is 2.92. The standard InChI is InChI=1S/C18H27N3O3S/c1-14(21-9-2-3-10-21)12-19-18(22)16-5-4-6-17(11-16)25(23,24)20-13-15-7-8-15/h4-6,11,14-15,20H,2-3,7-10,12-13H2,1H3,(H,19,22)/t14-/m0/s1. The first-order valence-electron chi connectivity index (χ1n) is 9.08. The van der Waals surface area contributed by atoms with Gasteiger partial charge in [-0.15, -0.1) is 0 Å². The zero-order chi connectivity index (χ0) is 17.9. The van der Waals surface area contributed by atoms with Crippen LogP contribution in [0.25, 0.3) is 0 Å². The van der Waals surface area contributed by atoms with E-state index >= 15 is 0 Å². The predicted molar refractivity (Wildman–Crippen MR) is 97.0 cm³/mol. The summed E-state index contributed by atoms with van der Waals surface area (Å²) in [6.07, 6.45) is 4.60.